The number of nitrogens with one attached hydrogen (secondary N) is 1. The van der Waals surface area contributed by atoms with Gasteiger partial charge in [-0.05, 0) is 76.3 Å². The fraction of sp³-hybridized carbons (Fsp3) is 0.750. The lowest BCUT2D eigenvalue weighted by atomic mass is 9.92. The zero-order valence-corrected chi connectivity index (χ0v) is 17.5. The number of halogens is 1. The fourth-order valence-corrected chi connectivity index (χ4v) is 5.42. The summed E-state index contributed by atoms with van der Waals surface area (Å²) in [6, 6.07) is 4.67. The van der Waals surface area contributed by atoms with Crippen LogP contribution in [0.4, 0.5) is 0 Å². The number of carbonyl (C=O) groups excluding carboxylic acids is 1. The van der Waals surface area contributed by atoms with Crippen LogP contribution in [0.2, 0.25) is 4.34 Å². The number of amides is 1. The first kappa shape index (κ1) is 20.1. The molecule has 26 heavy (non-hydrogen) atoms. The van der Waals surface area contributed by atoms with Gasteiger partial charge in [0.25, 0.3) is 0 Å². The van der Waals surface area contributed by atoms with Crippen molar-refractivity contribution in [3.8, 4) is 0 Å². The summed E-state index contributed by atoms with van der Waals surface area (Å²) >= 11 is 7.70. The molecule has 2 aliphatic rings. The van der Waals surface area contributed by atoms with Crippen molar-refractivity contribution in [1.82, 2.24) is 15.1 Å². The van der Waals surface area contributed by atoms with Gasteiger partial charge >= 0.3 is 0 Å². The Bertz CT molecular complexity index is 571. The first-order valence-electron chi connectivity index (χ1n) is 10.1. The largest absolute Gasteiger partial charge is 0.355 e. The normalized spacial score (nSPS) is 22.8. The number of thiophene rings is 1. The van der Waals surface area contributed by atoms with Crippen LogP contribution >= 0.6 is 22.9 Å². The van der Waals surface area contributed by atoms with Crippen molar-refractivity contribution in [3.63, 3.8) is 0 Å². The molecule has 0 aromatic carbocycles. The number of likely N-dealkylation sites (N-methyl/N-ethyl adjacent to an activating group) is 1. The Morgan fingerprint density at radius 3 is 2.77 bits per heavy atom. The Hall–Kier alpha value is -0.620. The van der Waals surface area contributed by atoms with E-state index in [1.54, 1.807) is 11.3 Å². The van der Waals surface area contributed by atoms with Gasteiger partial charge in [0.1, 0.15) is 0 Å². The lowest BCUT2D eigenvalue weighted by molar-refractivity contribution is -0.121. The highest BCUT2D eigenvalue weighted by Crippen LogP contribution is 2.26. The predicted octanol–water partition coefficient (Wildman–Crippen LogP) is 3.99. The number of hydrogen-bond donors (Lipinski definition) is 1. The molecule has 0 saturated carbocycles. The summed E-state index contributed by atoms with van der Waals surface area (Å²) in [5, 5.41) is 3.17. The number of nitrogens with zero attached hydrogens (tertiary/aromatic N) is 2. The van der Waals surface area contributed by atoms with Gasteiger partial charge in [0.05, 0.1) is 4.34 Å². The van der Waals surface area contributed by atoms with Crippen molar-refractivity contribution in [2.24, 2.45) is 5.92 Å². The highest BCUT2D eigenvalue weighted by Gasteiger charge is 2.24. The Morgan fingerprint density at radius 2 is 2.08 bits per heavy atom. The van der Waals surface area contributed by atoms with Crippen LogP contribution in [0.1, 0.15) is 50.3 Å². The van der Waals surface area contributed by atoms with Crippen molar-refractivity contribution < 1.29 is 4.79 Å². The van der Waals surface area contributed by atoms with Crippen LogP contribution in [-0.2, 0) is 11.3 Å². The van der Waals surface area contributed by atoms with E-state index in [4.69, 9.17) is 11.6 Å². The molecule has 3 heterocycles. The summed E-state index contributed by atoms with van der Waals surface area (Å²) < 4.78 is 0.876. The molecule has 1 amide bonds. The monoisotopic (exact) mass is 397 g/mol. The zero-order chi connectivity index (χ0) is 18.4. The number of piperidine rings is 1. The molecule has 0 spiro atoms. The van der Waals surface area contributed by atoms with Crippen molar-refractivity contribution in [1.29, 1.82) is 0 Å². The highest BCUT2D eigenvalue weighted by molar-refractivity contribution is 7.16. The summed E-state index contributed by atoms with van der Waals surface area (Å²) in [4.78, 5) is 18.5. The second kappa shape index (κ2) is 10.1. The van der Waals surface area contributed by atoms with E-state index in [-0.39, 0.29) is 5.91 Å². The van der Waals surface area contributed by atoms with Crippen LogP contribution < -0.4 is 5.32 Å². The van der Waals surface area contributed by atoms with Crippen LogP contribution in [0.25, 0.3) is 0 Å². The highest BCUT2D eigenvalue weighted by atomic mass is 35.5. The molecule has 1 N–H and O–H groups in total. The number of hydrogen-bond acceptors (Lipinski definition) is 4. The molecule has 2 fully saturated rings. The van der Waals surface area contributed by atoms with E-state index in [1.807, 2.05) is 6.07 Å². The van der Waals surface area contributed by atoms with Crippen LogP contribution in [0.5, 0.6) is 0 Å². The number of carbonyl (C=O) groups is 1. The van der Waals surface area contributed by atoms with Gasteiger partial charge in [0.2, 0.25) is 5.91 Å². The number of likely N-dealkylation sites (tertiary alicyclic amines) is 2. The second-order valence-corrected chi connectivity index (χ2v) is 9.49. The molecule has 0 bridgehead atoms. The Kier molecular flexibility index (Phi) is 7.79. The Morgan fingerprint density at radius 1 is 1.27 bits per heavy atom. The third-order valence-corrected chi connectivity index (χ3v) is 7.15. The van der Waals surface area contributed by atoms with Gasteiger partial charge in [-0.3, -0.25) is 14.6 Å². The topological polar surface area (TPSA) is 35.6 Å². The quantitative estimate of drug-likeness (QED) is 0.720. The predicted molar refractivity (Wildman–Crippen MR) is 110 cm³/mol. The minimum Gasteiger partial charge on any atom is -0.355 e. The van der Waals surface area contributed by atoms with Gasteiger partial charge in [-0.1, -0.05) is 18.5 Å². The summed E-state index contributed by atoms with van der Waals surface area (Å²) in [6.07, 6.45) is 6.63. The van der Waals surface area contributed by atoms with E-state index >= 15 is 0 Å². The molecule has 1 aromatic rings. The van der Waals surface area contributed by atoms with Gasteiger partial charge in [0.15, 0.2) is 0 Å². The Labute approximate surface area is 166 Å². The van der Waals surface area contributed by atoms with Crippen molar-refractivity contribution >= 4 is 28.8 Å². The van der Waals surface area contributed by atoms with Crippen LogP contribution in [-0.4, -0.2) is 54.5 Å². The van der Waals surface area contributed by atoms with E-state index in [1.165, 1.54) is 37.1 Å². The molecule has 2 aliphatic heterocycles. The van der Waals surface area contributed by atoms with Gasteiger partial charge < -0.3 is 5.32 Å². The molecule has 1 atom stereocenters. The average molecular weight is 398 g/mol. The maximum Gasteiger partial charge on any atom is 0.220 e. The number of rotatable bonds is 8. The summed E-state index contributed by atoms with van der Waals surface area (Å²) in [5.41, 5.74) is 0. The van der Waals surface area contributed by atoms with E-state index in [2.05, 4.69) is 28.1 Å². The van der Waals surface area contributed by atoms with Crippen molar-refractivity contribution in [2.75, 3.05) is 32.7 Å². The molecule has 146 valence electrons. The molecular formula is C20H32ClN3OS. The average Bonchev–Trinajstić information content (AvgIpc) is 3.27. The first-order chi connectivity index (χ1) is 12.6. The van der Waals surface area contributed by atoms with Gasteiger partial charge in [-0.25, -0.2) is 0 Å². The van der Waals surface area contributed by atoms with E-state index in [0.717, 1.165) is 43.5 Å². The summed E-state index contributed by atoms with van der Waals surface area (Å²) in [6.45, 7) is 8.60. The maximum atomic E-state index is 12.2. The van der Waals surface area contributed by atoms with Gasteiger partial charge in [-0.2, -0.15) is 0 Å². The molecule has 1 aromatic heterocycles. The first-order valence-corrected chi connectivity index (χ1v) is 11.3. The molecule has 0 unspecified atom stereocenters. The van der Waals surface area contributed by atoms with Gasteiger partial charge in [-0.15, -0.1) is 11.3 Å². The SMILES string of the molecule is CCN1CCC[C@@H]1CNC(=O)CCC1CCN(Cc2ccc(Cl)s2)CC1. The van der Waals surface area contributed by atoms with Crippen molar-refractivity contribution in [2.45, 2.75) is 58.0 Å². The molecule has 4 nitrogen and oxygen atoms in total. The van der Waals surface area contributed by atoms with Crippen LogP contribution in [0.3, 0.4) is 0 Å². The minimum absolute atomic E-state index is 0.239. The third kappa shape index (κ3) is 5.95. The van der Waals surface area contributed by atoms with E-state index < -0.39 is 0 Å². The third-order valence-electron chi connectivity index (χ3n) is 5.94. The standard InChI is InChI=1S/C20H32ClN3OS/c1-2-24-11-3-4-17(24)14-22-20(25)8-5-16-9-12-23(13-10-16)15-18-6-7-19(21)26-18/h6-7,16-17H,2-5,8-15H2,1H3,(H,22,25)/t17-/m1/s1. The Balaban J connectivity index is 1.29. The minimum atomic E-state index is 0.239. The second-order valence-electron chi connectivity index (χ2n) is 7.69. The maximum absolute atomic E-state index is 12.2. The molecule has 2 saturated heterocycles. The lowest BCUT2D eigenvalue weighted by Crippen LogP contribution is -2.40. The summed E-state index contributed by atoms with van der Waals surface area (Å²) in [5.74, 6) is 0.936. The molecule has 0 radical (unpaired) electrons. The van der Waals surface area contributed by atoms with Crippen LogP contribution in [0.15, 0.2) is 12.1 Å². The summed E-state index contributed by atoms with van der Waals surface area (Å²) in [7, 11) is 0. The molecular weight excluding hydrogens is 366 g/mol. The lowest BCUT2D eigenvalue weighted by Gasteiger charge is -2.31. The molecule has 0 aliphatic carbocycles. The smallest absolute Gasteiger partial charge is 0.220 e. The fourth-order valence-electron chi connectivity index (χ4n) is 4.29. The van der Waals surface area contributed by atoms with E-state index in [0.29, 0.717) is 18.4 Å². The molecule has 6 heteroatoms. The van der Waals surface area contributed by atoms with Crippen LogP contribution in [0, 0.1) is 5.92 Å². The molecule has 3 rings (SSSR count). The zero-order valence-electron chi connectivity index (χ0n) is 15.9. The van der Waals surface area contributed by atoms with E-state index in [9.17, 15) is 4.79 Å². The van der Waals surface area contributed by atoms with Gasteiger partial charge in [0, 0.05) is 30.4 Å². The van der Waals surface area contributed by atoms with Crippen molar-refractivity contribution in [3.05, 3.63) is 21.3 Å².